The standard InChI is InChI=1S/C14H18N4O4S/c1-5-22-14(19)12-8(2)16-11(7-23(20)21)17-13(12)10-6-15-18(4)9(10)3/h6H,5,7H2,1-4H3,(H,20,21)/p-1. The molecule has 0 bridgehead atoms. The lowest BCUT2D eigenvalue weighted by molar-refractivity contribution is 0.0525. The molecule has 9 heteroatoms. The maximum Gasteiger partial charge on any atom is 0.342 e. The lowest BCUT2D eigenvalue weighted by Crippen LogP contribution is -2.14. The maximum atomic E-state index is 12.3. The molecule has 0 aliphatic rings. The summed E-state index contributed by atoms with van der Waals surface area (Å²) in [5, 5.41) is 4.14. The van der Waals surface area contributed by atoms with E-state index < -0.39 is 17.0 Å². The molecule has 0 radical (unpaired) electrons. The molecule has 0 N–H and O–H groups in total. The third-order valence-corrected chi connectivity index (χ3v) is 3.85. The summed E-state index contributed by atoms with van der Waals surface area (Å²) in [4.78, 5) is 20.6. The Balaban J connectivity index is 2.68. The fraction of sp³-hybridized carbons (Fsp3) is 0.429. The zero-order valence-corrected chi connectivity index (χ0v) is 14.1. The number of rotatable bonds is 5. The largest absolute Gasteiger partial charge is 0.772 e. The van der Waals surface area contributed by atoms with Crippen LogP contribution < -0.4 is 0 Å². The molecule has 2 rings (SSSR count). The first kappa shape index (κ1) is 17.2. The van der Waals surface area contributed by atoms with Crippen LogP contribution in [0.2, 0.25) is 0 Å². The molecule has 0 saturated carbocycles. The topological polar surface area (TPSA) is 110 Å². The summed E-state index contributed by atoms with van der Waals surface area (Å²) >= 11 is -2.32. The third-order valence-electron chi connectivity index (χ3n) is 3.35. The Kier molecular flexibility index (Phi) is 5.22. The van der Waals surface area contributed by atoms with Gasteiger partial charge in [-0.2, -0.15) is 5.10 Å². The predicted molar refractivity (Wildman–Crippen MR) is 82.3 cm³/mol. The molecule has 0 aliphatic heterocycles. The van der Waals surface area contributed by atoms with Crippen LogP contribution in [0.15, 0.2) is 6.20 Å². The lowest BCUT2D eigenvalue weighted by Gasteiger charge is -2.13. The Hall–Kier alpha value is -2.13. The smallest absolute Gasteiger partial charge is 0.342 e. The van der Waals surface area contributed by atoms with Gasteiger partial charge in [-0.1, -0.05) is 0 Å². The molecule has 0 aromatic carbocycles. The molecule has 23 heavy (non-hydrogen) atoms. The predicted octanol–water partition coefficient (Wildman–Crippen LogP) is 1.05. The summed E-state index contributed by atoms with van der Waals surface area (Å²) in [6, 6.07) is 0. The number of aromatic nitrogens is 4. The van der Waals surface area contributed by atoms with Crippen molar-refractivity contribution in [3.05, 3.63) is 29.0 Å². The highest BCUT2D eigenvalue weighted by Crippen LogP contribution is 2.27. The van der Waals surface area contributed by atoms with Crippen molar-refractivity contribution in [3.63, 3.8) is 0 Å². The van der Waals surface area contributed by atoms with Gasteiger partial charge in [-0.3, -0.25) is 8.89 Å². The van der Waals surface area contributed by atoms with Crippen molar-refractivity contribution >= 4 is 17.0 Å². The van der Waals surface area contributed by atoms with Gasteiger partial charge in [0, 0.05) is 18.3 Å². The van der Waals surface area contributed by atoms with E-state index in [2.05, 4.69) is 15.1 Å². The van der Waals surface area contributed by atoms with Gasteiger partial charge >= 0.3 is 5.97 Å². The van der Waals surface area contributed by atoms with E-state index in [1.165, 1.54) is 0 Å². The molecular formula is C14H17N4O4S-. The highest BCUT2D eigenvalue weighted by atomic mass is 32.2. The van der Waals surface area contributed by atoms with Crippen LogP contribution in [0.5, 0.6) is 0 Å². The summed E-state index contributed by atoms with van der Waals surface area (Å²) < 4.78 is 28.6. The average molecular weight is 337 g/mol. The second-order valence-corrected chi connectivity index (χ2v) is 5.78. The molecule has 1 atom stereocenters. The summed E-state index contributed by atoms with van der Waals surface area (Å²) in [6.07, 6.45) is 1.58. The summed E-state index contributed by atoms with van der Waals surface area (Å²) in [5.41, 5.74) is 2.37. The molecule has 0 fully saturated rings. The van der Waals surface area contributed by atoms with Gasteiger partial charge < -0.3 is 9.29 Å². The summed E-state index contributed by atoms with van der Waals surface area (Å²) in [5.74, 6) is -0.740. The number of ether oxygens (including phenoxy) is 1. The SMILES string of the molecule is CCOC(=O)c1c(C)nc(CS(=O)[O-])nc1-c1cnn(C)c1C. The molecule has 0 saturated heterocycles. The van der Waals surface area contributed by atoms with E-state index >= 15 is 0 Å². The number of hydrogen-bond donors (Lipinski definition) is 0. The van der Waals surface area contributed by atoms with Crippen LogP contribution in [0, 0.1) is 13.8 Å². The van der Waals surface area contributed by atoms with Crippen molar-refractivity contribution in [3.8, 4) is 11.3 Å². The van der Waals surface area contributed by atoms with Gasteiger partial charge in [0.15, 0.2) is 0 Å². The van der Waals surface area contributed by atoms with Gasteiger partial charge in [-0.15, -0.1) is 0 Å². The van der Waals surface area contributed by atoms with Gasteiger partial charge in [0.2, 0.25) is 0 Å². The first-order valence-electron chi connectivity index (χ1n) is 6.94. The molecular weight excluding hydrogens is 320 g/mol. The molecule has 0 amide bonds. The molecule has 8 nitrogen and oxygen atoms in total. The number of nitrogens with zero attached hydrogens (tertiary/aromatic N) is 4. The monoisotopic (exact) mass is 337 g/mol. The van der Waals surface area contributed by atoms with Gasteiger partial charge in [0.1, 0.15) is 11.4 Å². The Labute approximate surface area is 136 Å². The highest BCUT2D eigenvalue weighted by molar-refractivity contribution is 7.78. The minimum atomic E-state index is -2.32. The summed E-state index contributed by atoms with van der Waals surface area (Å²) in [7, 11) is 1.77. The van der Waals surface area contributed by atoms with Crippen LogP contribution >= 0.6 is 0 Å². The zero-order valence-electron chi connectivity index (χ0n) is 13.3. The van der Waals surface area contributed by atoms with Gasteiger partial charge in [-0.25, -0.2) is 14.8 Å². The molecule has 0 aliphatic carbocycles. The van der Waals surface area contributed by atoms with Crippen molar-refractivity contribution in [2.45, 2.75) is 26.5 Å². The zero-order chi connectivity index (χ0) is 17.1. The van der Waals surface area contributed by atoms with E-state index in [1.54, 1.807) is 31.8 Å². The van der Waals surface area contributed by atoms with Crippen LogP contribution in [0.25, 0.3) is 11.3 Å². The number of aryl methyl sites for hydroxylation is 2. The van der Waals surface area contributed by atoms with E-state index in [4.69, 9.17) is 4.74 Å². The maximum absolute atomic E-state index is 12.3. The van der Waals surface area contributed by atoms with Crippen LogP contribution in [-0.2, 0) is 28.6 Å². The Bertz CT molecular complexity index is 772. The minimum absolute atomic E-state index is 0.127. The fourth-order valence-electron chi connectivity index (χ4n) is 2.17. The van der Waals surface area contributed by atoms with Crippen molar-refractivity contribution in [1.82, 2.24) is 19.7 Å². The van der Waals surface area contributed by atoms with Gasteiger partial charge in [0.05, 0.1) is 29.9 Å². The molecule has 2 aromatic rings. The quantitative estimate of drug-likeness (QED) is 0.592. The summed E-state index contributed by atoms with van der Waals surface area (Å²) in [6.45, 7) is 5.38. The van der Waals surface area contributed by atoms with E-state index in [-0.39, 0.29) is 23.7 Å². The van der Waals surface area contributed by atoms with Crippen molar-refractivity contribution in [2.24, 2.45) is 7.05 Å². The number of hydrogen-bond acceptors (Lipinski definition) is 7. The Morgan fingerprint density at radius 1 is 1.39 bits per heavy atom. The molecule has 1 unspecified atom stereocenters. The van der Waals surface area contributed by atoms with Crippen LogP contribution in [0.3, 0.4) is 0 Å². The minimum Gasteiger partial charge on any atom is -0.772 e. The first-order valence-corrected chi connectivity index (χ1v) is 8.19. The number of carbonyl (C=O) groups excluding carboxylic acids is 1. The highest BCUT2D eigenvalue weighted by Gasteiger charge is 2.23. The third kappa shape index (κ3) is 3.62. The fourth-order valence-corrected chi connectivity index (χ4v) is 2.51. The van der Waals surface area contributed by atoms with Gasteiger partial charge in [-0.05, 0) is 31.9 Å². The number of carbonyl (C=O) groups is 1. The van der Waals surface area contributed by atoms with Crippen molar-refractivity contribution in [1.29, 1.82) is 0 Å². The van der Waals surface area contributed by atoms with Crippen molar-refractivity contribution < 1.29 is 18.3 Å². The second-order valence-electron chi connectivity index (χ2n) is 4.88. The van der Waals surface area contributed by atoms with Gasteiger partial charge in [0.25, 0.3) is 0 Å². The van der Waals surface area contributed by atoms with E-state index in [0.29, 0.717) is 17.0 Å². The Morgan fingerprint density at radius 2 is 2.09 bits per heavy atom. The average Bonchev–Trinajstić information content (AvgIpc) is 2.77. The molecule has 2 heterocycles. The molecule has 124 valence electrons. The van der Waals surface area contributed by atoms with Crippen molar-refractivity contribution in [2.75, 3.05) is 6.61 Å². The van der Waals surface area contributed by atoms with Crippen LogP contribution in [0.4, 0.5) is 0 Å². The van der Waals surface area contributed by atoms with Crippen LogP contribution in [-0.4, -0.2) is 41.1 Å². The van der Waals surface area contributed by atoms with E-state index in [0.717, 1.165) is 5.69 Å². The van der Waals surface area contributed by atoms with E-state index in [1.807, 2.05) is 6.92 Å². The van der Waals surface area contributed by atoms with Crippen LogP contribution in [0.1, 0.15) is 34.5 Å². The second kappa shape index (κ2) is 6.97. The molecule has 0 spiro atoms. The molecule has 2 aromatic heterocycles. The lowest BCUT2D eigenvalue weighted by atomic mass is 10.1. The normalized spacial score (nSPS) is 12.2. The Morgan fingerprint density at radius 3 is 2.61 bits per heavy atom. The number of esters is 1. The van der Waals surface area contributed by atoms with E-state index in [9.17, 15) is 13.6 Å². The first-order chi connectivity index (χ1) is 10.8.